The number of benzene rings is 2. The molecule has 1 unspecified atom stereocenters. The Morgan fingerprint density at radius 1 is 0.950 bits per heavy atom. The second-order valence-corrected chi connectivity index (χ2v) is 18.7. The number of piperidine rings is 3. The molecule has 2 N–H and O–H groups in total. The summed E-state index contributed by atoms with van der Waals surface area (Å²) in [6.45, 7) is 12.2. The number of anilines is 1. The van der Waals surface area contributed by atoms with Gasteiger partial charge >= 0.3 is 0 Å². The summed E-state index contributed by atoms with van der Waals surface area (Å²) in [6, 6.07) is 13.8. The van der Waals surface area contributed by atoms with Gasteiger partial charge in [-0.3, -0.25) is 29.6 Å². The number of unbranched alkanes of at least 4 members (excludes halogenated alkanes) is 2. The molecule has 12 nitrogen and oxygen atoms in total. The van der Waals surface area contributed by atoms with Crippen LogP contribution >= 0.6 is 0 Å². The molecule has 0 saturated carbocycles. The highest BCUT2D eigenvalue weighted by Crippen LogP contribution is 2.44. The molecule has 2 aromatic carbocycles. The Balaban J connectivity index is 0.704. The van der Waals surface area contributed by atoms with Gasteiger partial charge in [0.2, 0.25) is 17.7 Å². The molecule has 13 heteroatoms. The molecular weight excluding hydrogens is 760 g/mol. The maximum absolute atomic E-state index is 15.1. The number of aromatic amines is 1. The number of hydrogen-bond acceptors (Lipinski definition) is 9. The largest absolute Gasteiger partial charge is 0.477 e. The number of alkyl halides is 1. The minimum Gasteiger partial charge on any atom is -0.477 e. The third-order valence-electron chi connectivity index (χ3n) is 14.0. The highest BCUT2D eigenvalue weighted by atomic mass is 19.1. The smallest absolute Gasteiger partial charge is 0.255 e. The Bertz CT molecular complexity index is 2220. The average Bonchev–Trinajstić information content (AvgIpc) is 3.76. The summed E-state index contributed by atoms with van der Waals surface area (Å²) in [6.07, 6.45) is 13.0. The van der Waals surface area contributed by atoms with Crippen LogP contribution in [-0.2, 0) is 22.6 Å². The van der Waals surface area contributed by atoms with Crippen LogP contribution in [0, 0.1) is 5.41 Å². The molecule has 3 atom stereocenters. The molecule has 2 aromatic heterocycles. The Morgan fingerprint density at radius 2 is 1.73 bits per heavy atom. The number of ether oxygens (including phenoxy) is 1. The molecular formula is C47H59FN8O4. The molecule has 3 amide bonds. The van der Waals surface area contributed by atoms with E-state index in [1.54, 1.807) is 31.1 Å². The fraction of sp³-hybridized carbons (Fsp3) is 0.553. The summed E-state index contributed by atoms with van der Waals surface area (Å²) in [5.74, 6) is -0.241. The van der Waals surface area contributed by atoms with Crippen LogP contribution in [0.1, 0.15) is 117 Å². The zero-order valence-corrected chi connectivity index (χ0v) is 35.4. The molecule has 5 aliphatic heterocycles. The van der Waals surface area contributed by atoms with Crippen molar-refractivity contribution in [3.63, 3.8) is 0 Å². The number of hydrogen-bond donors (Lipinski definition) is 2. The third kappa shape index (κ3) is 8.27. The van der Waals surface area contributed by atoms with Crippen LogP contribution in [0.25, 0.3) is 10.9 Å². The van der Waals surface area contributed by atoms with Crippen molar-refractivity contribution < 1.29 is 23.5 Å². The van der Waals surface area contributed by atoms with Crippen molar-refractivity contribution in [2.75, 3.05) is 50.8 Å². The van der Waals surface area contributed by atoms with Crippen molar-refractivity contribution in [1.82, 2.24) is 35.0 Å². The number of para-hydroxylation sites is 1. The van der Waals surface area contributed by atoms with E-state index < -0.39 is 11.7 Å². The van der Waals surface area contributed by atoms with E-state index in [4.69, 9.17) is 9.72 Å². The first kappa shape index (κ1) is 40.5. The second-order valence-electron chi connectivity index (χ2n) is 18.7. The molecule has 3 fully saturated rings. The molecule has 0 bridgehead atoms. The standard InChI is InChI=1S/C47H59FN8O4/c1-31-25-36-35-9-5-6-10-37(35)51-42(36)43(56(31)30-46(2,3)48)38-27-50-41(28-49-38)60-24-8-4-7-19-53-20-15-47(16-21-53)17-22-54(23-18-47)33-11-12-34-32(26-33)29-55(45(34)59)39-13-14-40(57)52-44(39)58/h5-6,9-12,26-28,31,39,43,51H,4,7-8,13-25,29-30H2,1-3H3,(H,52,57,58)/t31-,39?,43-/m1/s1. The summed E-state index contributed by atoms with van der Waals surface area (Å²) in [7, 11) is 0. The lowest BCUT2D eigenvalue weighted by Gasteiger charge is -2.47. The van der Waals surface area contributed by atoms with Gasteiger partial charge < -0.3 is 24.4 Å². The molecule has 5 aliphatic rings. The van der Waals surface area contributed by atoms with Crippen molar-refractivity contribution >= 4 is 34.3 Å². The molecule has 3 saturated heterocycles. The summed E-state index contributed by atoms with van der Waals surface area (Å²) < 4.78 is 21.2. The first-order valence-electron chi connectivity index (χ1n) is 22.2. The summed E-state index contributed by atoms with van der Waals surface area (Å²) in [5.41, 5.74) is 6.07. The van der Waals surface area contributed by atoms with E-state index in [1.165, 1.54) is 36.6 Å². The number of likely N-dealkylation sites (tertiary alicyclic amines) is 1. The highest BCUT2D eigenvalue weighted by molar-refractivity contribution is 6.05. The molecule has 7 heterocycles. The SMILES string of the molecule is C[C@@H]1Cc2c([nH]c3ccccc23)[C@@H](c2cnc(OCCCCCN3CCC4(CC3)CCN(c3ccc5c(c3)CN(C3CCC(=O)NC3=O)C5=O)CC4)cn2)N1CC(C)(C)F. The van der Waals surface area contributed by atoms with Gasteiger partial charge in [0.1, 0.15) is 11.7 Å². The number of fused-ring (bicyclic) bond motifs is 4. The Kier molecular flexibility index (Phi) is 11.2. The van der Waals surface area contributed by atoms with E-state index in [9.17, 15) is 14.4 Å². The van der Waals surface area contributed by atoms with Gasteiger partial charge in [0.15, 0.2) is 0 Å². The van der Waals surface area contributed by atoms with E-state index in [-0.39, 0.29) is 36.2 Å². The van der Waals surface area contributed by atoms with Gasteiger partial charge in [-0.05, 0) is 139 Å². The maximum atomic E-state index is 15.1. The van der Waals surface area contributed by atoms with E-state index >= 15 is 4.39 Å². The molecule has 9 rings (SSSR count). The van der Waals surface area contributed by atoms with Crippen LogP contribution in [0.3, 0.4) is 0 Å². The molecule has 1 spiro atoms. The third-order valence-corrected chi connectivity index (χ3v) is 14.0. The van der Waals surface area contributed by atoms with Crippen molar-refractivity contribution in [2.45, 2.75) is 115 Å². The van der Waals surface area contributed by atoms with Crippen LogP contribution in [0.5, 0.6) is 5.88 Å². The number of nitrogens with one attached hydrogen (secondary N) is 2. The van der Waals surface area contributed by atoms with Crippen LogP contribution in [0.15, 0.2) is 54.9 Å². The summed E-state index contributed by atoms with van der Waals surface area (Å²) in [4.78, 5) is 59.4. The lowest BCUT2D eigenvalue weighted by atomic mass is 9.71. The number of nitrogens with zero attached hydrogens (tertiary/aromatic N) is 6. The van der Waals surface area contributed by atoms with E-state index in [1.807, 2.05) is 12.1 Å². The zero-order valence-electron chi connectivity index (χ0n) is 35.4. The maximum Gasteiger partial charge on any atom is 0.255 e. The molecule has 318 valence electrons. The number of aromatic nitrogens is 3. The number of amides is 3. The van der Waals surface area contributed by atoms with E-state index in [0.29, 0.717) is 43.0 Å². The van der Waals surface area contributed by atoms with Gasteiger partial charge in [-0.25, -0.2) is 9.37 Å². The number of halogens is 1. The normalized spacial score (nSPS) is 23.6. The van der Waals surface area contributed by atoms with E-state index in [2.05, 4.69) is 67.2 Å². The first-order chi connectivity index (χ1) is 28.9. The lowest BCUT2D eigenvalue weighted by molar-refractivity contribution is -0.136. The first-order valence-corrected chi connectivity index (χ1v) is 22.2. The topological polar surface area (TPSA) is 127 Å². The fourth-order valence-electron chi connectivity index (χ4n) is 10.6. The monoisotopic (exact) mass is 818 g/mol. The van der Waals surface area contributed by atoms with Crippen LogP contribution in [-0.4, -0.2) is 111 Å². The minimum absolute atomic E-state index is 0.121. The summed E-state index contributed by atoms with van der Waals surface area (Å²) >= 11 is 0. The number of carbonyl (C=O) groups excluding carboxylic acids is 3. The predicted octanol–water partition coefficient (Wildman–Crippen LogP) is 6.73. The molecule has 4 aromatic rings. The number of carbonyl (C=O) groups is 3. The van der Waals surface area contributed by atoms with Gasteiger partial charge in [-0.15, -0.1) is 0 Å². The van der Waals surface area contributed by atoms with Gasteiger partial charge in [0, 0.05) is 66.5 Å². The average molecular weight is 819 g/mol. The summed E-state index contributed by atoms with van der Waals surface area (Å²) in [5, 5.41) is 3.61. The molecule has 60 heavy (non-hydrogen) atoms. The van der Waals surface area contributed by atoms with Gasteiger partial charge in [0.25, 0.3) is 5.91 Å². The van der Waals surface area contributed by atoms with Gasteiger partial charge in [0.05, 0.1) is 30.7 Å². The molecule has 0 aliphatic carbocycles. The molecule has 0 radical (unpaired) electrons. The van der Waals surface area contributed by atoms with Gasteiger partial charge in [-0.2, -0.15) is 0 Å². The number of H-pyrrole nitrogens is 1. The van der Waals surface area contributed by atoms with Gasteiger partial charge in [-0.1, -0.05) is 18.2 Å². The number of imide groups is 1. The Hall–Kier alpha value is -4.88. The highest BCUT2D eigenvalue weighted by Gasteiger charge is 2.42. The zero-order chi connectivity index (χ0) is 41.6. The van der Waals surface area contributed by atoms with Crippen molar-refractivity contribution in [2.24, 2.45) is 5.41 Å². The van der Waals surface area contributed by atoms with Crippen molar-refractivity contribution in [1.29, 1.82) is 0 Å². The Morgan fingerprint density at radius 3 is 2.48 bits per heavy atom. The van der Waals surface area contributed by atoms with E-state index in [0.717, 1.165) is 86.6 Å². The lowest BCUT2D eigenvalue weighted by Crippen LogP contribution is -2.52. The quantitative estimate of drug-likeness (QED) is 0.118. The van der Waals surface area contributed by atoms with Crippen LogP contribution in [0.4, 0.5) is 10.1 Å². The predicted molar refractivity (Wildman–Crippen MR) is 229 cm³/mol. The Labute approximate surface area is 352 Å². The minimum atomic E-state index is -1.35. The number of rotatable bonds is 12. The van der Waals surface area contributed by atoms with Crippen LogP contribution in [0.2, 0.25) is 0 Å². The van der Waals surface area contributed by atoms with Crippen molar-refractivity contribution in [3.8, 4) is 5.88 Å². The van der Waals surface area contributed by atoms with Crippen molar-refractivity contribution in [3.05, 3.63) is 82.9 Å². The second kappa shape index (κ2) is 16.5. The fourth-order valence-corrected chi connectivity index (χ4v) is 10.6. The van der Waals surface area contributed by atoms with Crippen LogP contribution < -0.4 is 15.0 Å².